The van der Waals surface area contributed by atoms with Crippen LogP contribution in [-0.2, 0) is 11.2 Å². The van der Waals surface area contributed by atoms with Gasteiger partial charge in [-0.3, -0.25) is 9.78 Å². The summed E-state index contributed by atoms with van der Waals surface area (Å²) >= 11 is 0. The van der Waals surface area contributed by atoms with Crippen LogP contribution in [0.4, 0.5) is 0 Å². The average Bonchev–Trinajstić information content (AvgIpc) is 3.06. The maximum absolute atomic E-state index is 12.7. The van der Waals surface area contributed by atoms with Crippen LogP contribution in [0.1, 0.15) is 41.1 Å². The highest BCUT2D eigenvalue weighted by Crippen LogP contribution is 2.13. The highest BCUT2D eigenvalue weighted by molar-refractivity contribution is 5.97. The van der Waals surface area contributed by atoms with Crippen molar-refractivity contribution in [1.82, 2.24) is 15.3 Å². The lowest BCUT2D eigenvalue weighted by molar-refractivity contribution is -0.520. The molecule has 26 heavy (non-hydrogen) atoms. The molecule has 0 radical (unpaired) electrons. The van der Waals surface area contributed by atoms with Crippen molar-refractivity contribution < 1.29 is 13.9 Å². The van der Waals surface area contributed by atoms with Crippen LogP contribution in [-0.4, -0.2) is 35.1 Å². The lowest BCUT2D eigenvalue weighted by atomic mass is 10.1. The molecular formula is C20H23N4O2+. The third-order valence-corrected chi connectivity index (χ3v) is 4.76. The highest BCUT2D eigenvalue weighted by atomic mass is 16.5. The van der Waals surface area contributed by atoms with Crippen LogP contribution in [0.15, 0.2) is 48.9 Å². The lowest BCUT2D eigenvalue weighted by Gasteiger charge is -2.22. The Balaban J connectivity index is 1.55. The van der Waals surface area contributed by atoms with Gasteiger partial charge in [0, 0.05) is 25.5 Å². The summed E-state index contributed by atoms with van der Waals surface area (Å²) in [5.74, 6) is 0.855. The fraction of sp³-hybridized carbons (Fsp3) is 0.350. The normalized spacial score (nSPS) is 17.3. The standard InChI is InChI=1S/C20H22N4O2/c25-20(22-14-16-7-2-4-11-26-16)19-17-8-1-3-10-24(17)18(23-19)12-15-6-5-9-21-13-15/h1,3,5-6,8-10,13,16H,2,4,7,11-12,14H2,(H,22,25)/p+1. The Kier molecular flexibility index (Phi) is 4.93. The second kappa shape index (κ2) is 7.66. The van der Waals surface area contributed by atoms with Crippen molar-refractivity contribution >= 4 is 11.4 Å². The van der Waals surface area contributed by atoms with Crippen molar-refractivity contribution in [2.45, 2.75) is 31.8 Å². The molecule has 6 nitrogen and oxygen atoms in total. The number of imidazole rings is 1. The molecule has 0 saturated carbocycles. The molecule has 1 aliphatic heterocycles. The quantitative estimate of drug-likeness (QED) is 0.691. The van der Waals surface area contributed by atoms with Crippen LogP contribution >= 0.6 is 0 Å². The number of amides is 1. The van der Waals surface area contributed by atoms with Gasteiger partial charge >= 0.3 is 0 Å². The van der Waals surface area contributed by atoms with Gasteiger partial charge < -0.3 is 10.1 Å². The number of hydrogen-bond acceptors (Lipinski definition) is 3. The molecule has 1 fully saturated rings. The number of aromatic nitrogens is 3. The number of nitrogens with zero attached hydrogens (tertiary/aromatic N) is 2. The van der Waals surface area contributed by atoms with Crippen molar-refractivity contribution in [3.05, 3.63) is 66.0 Å². The molecule has 1 atom stereocenters. The summed E-state index contributed by atoms with van der Waals surface area (Å²) in [5.41, 5.74) is 2.54. The van der Waals surface area contributed by atoms with E-state index in [0.717, 1.165) is 42.8 Å². The lowest BCUT2D eigenvalue weighted by Crippen LogP contribution is -2.35. The van der Waals surface area contributed by atoms with Gasteiger partial charge in [-0.15, -0.1) is 0 Å². The van der Waals surface area contributed by atoms with E-state index in [1.54, 1.807) is 6.20 Å². The Morgan fingerprint density at radius 2 is 2.27 bits per heavy atom. The smallest absolute Gasteiger partial charge is 0.295 e. The second-order valence-electron chi connectivity index (χ2n) is 6.64. The summed E-state index contributed by atoms with van der Waals surface area (Å²) in [6.45, 7) is 1.34. The molecule has 0 aromatic carbocycles. The van der Waals surface area contributed by atoms with Gasteiger partial charge in [0.1, 0.15) is 0 Å². The largest absolute Gasteiger partial charge is 0.376 e. The molecule has 3 aromatic rings. The zero-order valence-electron chi connectivity index (χ0n) is 14.6. The van der Waals surface area contributed by atoms with Crippen LogP contribution in [0.5, 0.6) is 0 Å². The minimum Gasteiger partial charge on any atom is -0.376 e. The van der Waals surface area contributed by atoms with Crippen molar-refractivity contribution in [3.8, 4) is 0 Å². The molecule has 1 amide bonds. The number of hydrogen-bond donors (Lipinski definition) is 2. The van der Waals surface area contributed by atoms with E-state index in [1.165, 1.54) is 0 Å². The second-order valence-corrected chi connectivity index (χ2v) is 6.64. The number of fused-ring (bicyclic) bond motifs is 1. The molecular weight excluding hydrogens is 328 g/mol. The van der Waals surface area contributed by atoms with E-state index in [9.17, 15) is 4.79 Å². The number of aromatic amines is 1. The van der Waals surface area contributed by atoms with Crippen LogP contribution in [0.3, 0.4) is 0 Å². The van der Waals surface area contributed by atoms with Gasteiger partial charge in [0.05, 0.1) is 18.7 Å². The molecule has 0 bridgehead atoms. The highest BCUT2D eigenvalue weighted by Gasteiger charge is 2.24. The fourth-order valence-corrected chi connectivity index (χ4v) is 3.41. The van der Waals surface area contributed by atoms with Gasteiger partial charge in [-0.25, -0.2) is 4.98 Å². The fourth-order valence-electron chi connectivity index (χ4n) is 3.41. The van der Waals surface area contributed by atoms with Crippen LogP contribution in [0.2, 0.25) is 0 Å². The number of nitrogens with one attached hydrogen (secondary N) is 2. The number of H-pyrrole nitrogens is 1. The molecule has 0 spiro atoms. The number of rotatable bonds is 5. The van der Waals surface area contributed by atoms with Gasteiger partial charge in [0.15, 0.2) is 5.52 Å². The SMILES string of the molecule is O=C(NCC1CCCCO1)c1[nH]c(Cc2cccnc2)[n+]2ccccc12. The molecule has 1 saturated heterocycles. The van der Waals surface area contributed by atoms with Gasteiger partial charge in [-0.2, -0.15) is 4.40 Å². The molecule has 6 heteroatoms. The molecule has 4 rings (SSSR count). The number of pyridine rings is 2. The Bertz CT molecular complexity index is 885. The Morgan fingerprint density at radius 3 is 3.08 bits per heavy atom. The van der Waals surface area contributed by atoms with Crippen molar-refractivity contribution in [2.75, 3.05) is 13.2 Å². The van der Waals surface area contributed by atoms with Gasteiger partial charge in [0.2, 0.25) is 5.69 Å². The molecule has 134 valence electrons. The zero-order chi connectivity index (χ0) is 17.8. The third-order valence-electron chi connectivity index (χ3n) is 4.76. The number of carbonyl (C=O) groups excluding carboxylic acids is 1. The third kappa shape index (κ3) is 3.60. The number of ether oxygens (including phenoxy) is 1. The van der Waals surface area contributed by atoms with E-state index in [4.69, 9.17) is 4.74 Å². The summed E-state index contributed by atoms with van der Waals surface area (Å²) in [4.78, 5) is 20.2. The van der Waals surface area contributed by atoms with Crippen molar-refractivity contribution in [3.63, 3.8) is 0 Å². The molecule has 1 unspecified atom stereocenters. The summed E-state index contributed by atoms with van der Waals surface area (Å²) in [5, 5.41) is 3.02. The first-order valence-electron chi connectivity index (χ1n) is 9.11. The maximum atomic E-state index is 12.7. The van der Waals surface area contributed by atoms with Gasteiger partial charge in [0.25, 0.3) is 11.7 Å². The van der Waals surface area contributed by atoms with Crippen molar-refractivity contribution in [2.24, 2.45) is 0 Å². The van der Waals surface area contributed by atoms with E-state index in [2.05, 4.69) is 15.3 Å². The molecule has 3 aromatic heterocycles. The summed E-state index contributed by atoms with van der Waals surface area (Å²) in [6, 6.07) is 9.81. The van der Waals surface area contributed by atoms with Crippen LogP contribution in [0, 0.1) is 0 Å². The first-order chi connectivity index (χ1) is 12.8. The van der Waals surface area contributed by atoms with Gasteiger partial charge in [-0.1, -0.05) is 12.1 Å². The van der Waals surface area contributed by atoms with E-state index in [0.29, 0.717) is 18.7 Å². The molecule has 2 N–H and O–H groups in total. The van der Waals surface area contributed by atoms with Gasteiger partial charge in [-0.05, 0) is 43.0 Å². The predicted octanol–water partition coefficient (Wildman–Crippen LogP) is 2.04. The zero-order valence-corrected chi connectivity index (χ0v) is 14.6. The molecule has 1 aliphatic rings. The molecule has 0 aliphatic carbocycles. The van der Waals surface area contributed by atoms with E-state index in [1.807, 2.05) is 47.1 Å². The first kappa shape index (κ1) is 16.7. The Hall–Kier alpha value is -2.73. The maximum Gasteiger partial charge on any atom is 0.295 e. The van der Waals surface area contributed by atoms with Crippen LogP contribution < -0.4 is 9.72 Å². The predicted molar refractivity (Wildman–Crippen MR) is 96.9 cm³/mol. The Labute approximate surface area is 152 Å². The summed E-state index contributed by atoms with van der Waals surface area (Å²) in [6.07, 6.45) is 9.66. The van der Waals surface area contributed by atoms with Crippen LogP contribution in [0.25, 0.3) is 5.52 Å². The van der Waals surface area contributed by atoms with Crippen molar-refractivity contribution in [1.29, 1.82) is 0 Å². The van der Waals surface area contributed by atoms with E-state index in [-0.39, 0.29) is 12.0 Å². The summed E-state index contributed by atoms with van der Waals surface area (Å²) < 4.78 is 7.73. The monoisotopic (exact) mass is 351 g/mol. The molecule has 4 heterocycles. The van der Waals surface area contributed by atoms with E-state index >= 15 is 0 Å². The minimum absolute atomic E-state index is 0.0969. The van der Waals surface area contributed by atoms with E-state index < -0.39 is 0 Å². The topological polar surface area (TPSA) is 71.1 Å². The average molecular weight is 351 g/mol. The Morgan fingerprint density at radius 1 is 1.31 bits per heavy atom. The summed E-state index contributed by atoms with van der Waals surface area (Å²) in [7, 11) is 0. The first-order valence-corrected chi connectivity index (χ1v) is 9.11. The number of carbonyl (C=O) groups is 1. The minimum atomic E-state index is -0.0969.